The summed E-state index contributed by atoms with van der Waals surface area (Å²) in [6.07, 6.45) is -3.22. The van der Waals surface area contributed by atoms with Gasteiger partial charge in [-0.3, -0.25) is 0 Å². The highest BCUT2D eigenvalue weighted by Gasteiger charge is 2.30. The molecule has 0 aromatic heterocycles. The zero-order chi connectivity index (χ0) is 10.9. The summed E-state index contributed by atoms with van der Waals surface area (Å²) in [5.41, 5.74) is 0.421. The Morgan fingerprint density at radius 2 is 1.75 bits per heavy atom. The second kappa shape index (κ2) is 5.06. The second-order valence-electron chi connectivity index (χ2n) is 3.81. The summed E-state index contributed by atoms with van der Waals surface area (Å²) in [7, 11) is 0. The van der Waals surface area contributed by atoms with Crippen LogP contribution in [0.2, 0.25) is 0 Å². The van der Waals surface area contributed by atoms with Gasteiger partial charge < -0.3 is 5.32 Å². The zero-order valence-electron chi connectivity index (χ0n) is 8.55. The molecule has 0 aliphatic carbocycles. The summed E-state index contributed by atoms with van der Waals surface area (Å²) < 4.78 is 36.9. The van der Waals surface area contributed by atoms with Crippen molar-refractivity contribution in [2.45, 2.75) is 18.5 Å². The molecule has 1 N–H and O–H groups in total. The van der Waals surface area contributed by atoms with Crippen molar-refractivity contribution in [3.63, 3.8) is 0 Å². The van der Waals surface area contributed by atoms with Gasteiger partial charge >= 0.3 is 6.18 Å². The van der Waals surface area contributed by atoms with Gasteiger partial charge in [-0.15, -0.1) is 12.4 Å². The van der Waals surface area contributed by atoms with Crippen LogP contribution in [0.15, 0.2) is 24.3 Å². The van der Waals surface area contributed by atoms with Gasteiger partial charge in [-0.1, -0.05) is 12.1 Å². The van der Waals surface area contributed by atoms with Crippen LogP contribution >= 0.6 is 12.4 Å². The number of halogens is 4. The predicted molar refractivity (Wildman–Crippen MR) is 58.9 cm³/mol. The van der Waals surface area contributed by atoms with E-state index in [0.29, 0.717) is 5.92 Å². The Bertz CT molecular complexity index is 328. The molecule has 0 radical (unpaired) electrons. The lowest BCUT2D eigenvalue weighted by atomic mass is 9.97. The molecule has 1 saturated heterocycles. The van der Waals surface area contributed by atoms with Gasteiger partial charge in [0.15, 0.2) is 0 Å². The second-order valence-corrected chi connectivity index (χ2v) is 3.81. The fraction of sp³-hybridized carbons (Fsp3) is 0.455. The van der Waals surface area contributed by atoms with Crippen molar-refractivity contribution in [1.82, 2.24) is 5.32 Å². The van der Waals surface area contributed by atoms with E-state index in [1.807, 2.05) is 0 Å². The monoisotopic (exact) mass is 251 g/mol. The lowest BCUT2D eigenvalue weighted by molar-refractivity contribution is -0.137. The summed E-state index contributed by atoms with van der Waals surface area (Å²) in [6, 6.07) is 5.49. The molecular weight excluding hydrogens is 239 g/mol. The fourth-order valence-corrected chi connectivity index (χ4v) is 1.88. The highest BCUT2D eigenvalue weighted by Crippen LogP contribution is 2.31. The highest BCUT2D eigenvalue weighted by atomic mass is 35.5. The Morgan fingerprint density at radius 1 is 1.12 bits per heavy atom. The highest BCUT2D eigenvalue weighted by molar-refractivity contribution is 5.85. The molecule has 0 unspecified atom stereocenters. The number of hydrogen-bond donors (Lipinski definition) is 1. The van der Waals surface area contributed by atoms with Crippen LogP contribution in [0, 0.1) is 0 Å². The summed E-state index contributed by atoms with van der Waals surface area (Å²) in [5.74, 6) is 0.368. The summed E-state index contributed by atoms with van der Waals surface area (Å²) in [5, 5.41) is 3.19. The minimum absolute atomic E-state index is 0. The van der Waals surface area contributed by atoms with E-state index in [1.165, 1.54) is 0 Å². The van der Waals surface area contributed by atoms with Gasteiger partial charge in [-0.2, -0.15) is 13.2 Å². The summed E-state index contributed by atoms with van der Waals surface area (Å²) >= 11 is 0. The minimum Gasteiger partial charge on any atom is -0.316 e. The summed E-state index contributed by atoms with van der Waals surface area (Å²) in [6.45, 7) is 1.82. The van der Waals surface area contributed by atoms with Crippen LogP contribution in [0.4, 0.5) is 13.2 Å². The van der Waals surface area contributed by atoms with Crippen molar-refractivity contribution >= 4 is 12.4 Å². The largest absolute Gasteiger partial charge is 0.416 e. The van der Waals surface area contributed by atoms with Gasteiger partial charge in [0, 0.05) is 6.54 Å². The van der Waals surface area contributed by atoms with Crippen LogP contribution in [0.1, 0.15) is 23.5 Å². The van der Waals surface area contributed by atoms with Gasteiger partial charge in [0.25, 0.3) is 0 Å². The maximum Gasteiger partial charge on any atom is 0.416 e. The van der Waals surface area contributed by atoms with Crippen LogP contribution in [0.3, 0.4) is 0 Å². The fourth-order valence-electron chi connectivity index (χ4n) is 1.88. The molecule has 1 atom stereocenters. The first kappa shape index (κ1) is 13.3. The van der Waals surface area contributed by atoms with E-state index < -0.39 is 11.7 Å². The maximum atomic E-state index is 12.3. The molecule has 16 heavy (non-hydrogen) atoms. The SMILES string of the molecule is Cl.FC(F)(F)c1ccc([C@@H]2CCNC2)cc1. The maximum absolute atomic E-state index is 12.3. The summed E-state index contributed by atoms with van der Waals surface area (Å²) in [4.78, 5) is 0. The number of nitrogens with one attached hydrogen (secondary N) is 1. The van der Waals surface area contributed by atoms with E-state index in [9.17, 15) is 13.2 Å². The number of hydrogen-bond acceptors (Lipinski definition) is 1. The molecule has 1 aromatic carbocycles. The Hall–Kier alpha value is -0.740. The lowest BCUT2D eigenvalue weighted by Gasteiger charge is -2.11. The molecule has 1 nitrogen and oxygen atoms in total. The van der Waals surface area contributed by atoms with Gasteiger partial charge in [0.1, 0.15) is 0 Å². The van der Waals surface area contributed by atoms with Crippen LogP contribution in [-0.4, -0.2) is 13.1 Å². The number of alkyl halides is 3. The average molecular weight is 252 g/mol. The van der Waals surface area contributed by atoms with Crippen LogP contribution in [-0.2, 0) is 6.18 Å². The average Bonchev–Trinajstić information content (AvgIpc) is 2.69. The van der Waals surface area contributed by atoms with Gasteiger partial charge in [-0.05, 0) is 36.6 Å². The van der Waals surface area contributed by atoms with E-state index in [2.05, 4.69) is 5.32 Å². The molecule has 0 bridgehead atoms. The molecule has 1 aromatic rings. The molecule has 0 spiro atoms. The number of benzene rings is 1. The van der Waals surface area contributed by atoms with E-state index in [0.717, 1.165) is 37.2 Å². The molecule has 5 heteroatoms. The molecule has 0 saturated carbocycles. The van der Waals surface area contributed by atoms with Gasteiger partial charge in [0.2, 0.25) is 0 Å². The van der Waals surface area contributed by atoms with Crippen LogP contribution in [0.25, 0.3) is 0 Å². The third kappa shape index (κ3) is 2.89. The van der Waals surface area contributed by atoms with Gasteiger partial charge in [0.05, 0.1) is 5.56 Å². The molecule has 0 amide bonds. The third-order valence-corrected chi connectivity index (χ3v) is 2.77. The van der Waals surface area contributed by atoms with Gasteiger partial charge in [-0.25, -0.2) is 0 Å². The first-order chi connectivity index (χ1) is 7.07. The predicted octanol–water partition coefficient (Wildman–Crippen LogP) is 3.20. The molecule has 1 heterocycles. The lowest BCUT2D eigenvalue weighted by Crippen LogP contribution is -2.09. The van der Waals surface area contributed by atoms with Crippen LogP contribution < -0.4 is 5.32 Å². The smallest absolute Gasteiger partial charge is 0.316 e. The normalized spacial score (nSPS) is 20.6. The Morgan fingerprint density at radius 3 is 2.19 bits per heavy atom. The first-order valence-corrected chi connectivity index (χ1v) is 4.95. The molecule has 90 valence electrons. The quantitative estimate of drug-likeness (QED) is 0.808. The van der Waals surface area contributed by atoms with E-state index >= 15 is 0 Å². The third-order valence-electron chi connectivity index (χ3n) is 2.77. The van der Waals surface area contributed by atoms with E-state index in [4.69, 9.17) is 0 Å². The van der Waals surface area contributed by atoms with E-state index in [1.54, 1.807) is 12.1 Å². The van der Waals surface area contributed by atoms with Crippen LogP contribution in [0.5, 0.6) is 0 Å². The minimum atomic E-state index is -4.23. The zero-order valence-corrected chi connectivity index (χ0v) is 9.37. The van der Waals surface area contributed by atoms with Crippen molar-refractivity contribution in [2.24, 2.45) is 0 Å². The van der Waals surface area contributed by atoms with E-state index in [-0.39, 0.29) is 12.4 Å². The van der Waals surface area contributed by atoms with Crippen molar-refractivity contribution < 1.29 is 13.2 Å². The van der Waals surface area contributed by atoms with Crippen molar-refractivity contribution in [1.29, 1.82) is 0 Å². The molecular formula is C11H13ClF3N. The molecule has 1 fully saturated rings. The molecule has 1 aliphatic heterocycles. The first-order valence-electron chi connectivity index (χ1n) is 4.95. The Labute approximate surface area is 98.4 Å². The standard InChI is InChI=1S/C11H12F3N.ClH/c12-11(13,14)10-3-1-8(2-4-10)9-5-6-15-7-9;/h1-4,9,15H,5-7H2;1H/t9-;/m1./s1. The molecule has 1 aliphatic rings. The van der Waals surface area contributed by atoms with Crippen molar-refractivity contribution in [3.05, 3.63) is 35.4 Å². The molecule has 2 rings (SSSR count). The van der Waals surface area contributed by atoms with Crippen molar-refractivity contribution in [3.8, 4) is 0 Å². The van der Waals surface area contributed by atoms with Crippen molar-refractivity contribution in [2.75, 3.05) is 13.1 Å². The Kier molecular flexibility index (Phi) is 4.21. The Balaban J connectivity index is 0.00000128. The topological polar surface area (TPSA) is 12.0 Å². The number of rotatable bonds is 1.